The summed E-state index contributed by atoms with van der Waals surface area (Å²) in [5.41, 5.74) is 2.22. The fraction of sp³-hybridized carbons (Fsp3) is 0.500. The van der Waals surface area contributed by atoms with Crippen molar-refractivity contribution in [3.63, 3.8) is 0 Å². The number of amides is 3. The first kappa shape index (κ1) is 33.3. The van der Waals surface area contributed by atoms with Gasteiger partial charge in [0.25, 0.3) is 0 Å². The van der Waals surface area contributed by atoms with Gasteiger partial charge in [-0.05, 0) is 55.7 Å². The number of rotatable bonds is 12. The number of methoxy groups -OCH3 is 1. The summed E-state index contributed by atoms with van der Waals surface area (Å²) in [5, 5.41) is 8.16. The van der Waals surface area contributed by atoms with E-state index >= 15 is 0 Å². The van der Waals surface area contributed by atoms with Crippen LogP contribution in [0.4, 0.5) is 4.79 Å². The number of hydrogen-bond donors (Lipinski definition) is 3. The van der Waals surface area contributed by atoms with Gasteiger partial charge in [-0.25, -0.2) is 9.59 Å². The summed E-state index contributed by atoms with van der Waals surface area (Å²) < 4.78 is 10.3. The van der Waals surface area contributed by atoms with Crippen LogP contribution in [0, 0.1) is 11.8 Å². The number of esters is 1. The number of alkyl carbamates (subject to hydrolysis) is 1. The fourth-order valence-corrected chi connectivity index (χ4v) is 4.24. The van der Waals surface area contributed by atoms with Gasteiger partial charge in [0.1, 0.15) is 23.7 Å². The van der Waals surface area contributed by atoms with Gasteiger partial charge < -0.3 is 25.4 Å². The van der Waals surface area contributed by atoms with E-state index in [1.54, 1.807) is 34.6 Å². The van der Waals surface area contributed by atoms with Crippen LogP contribution in [0.2, 0.25) is 0 Å². The van der Waals surface area contributed by atoms with E-state index in [1.807, 2.05) is 68.4 Å². The van der Waals surface area contributed by atoms with Crippen molar-refractivity contribution in [1.29, 1.82) is 0 Å². The number of hydrogen-bond acceptors (Lipinski definition) is 6. The van der Waals surface area contributed by atoms with Gasteiger partial charge in [-0.3, -0.25) is 9.59 Å². The molecule has 0 aliphatic heterocycles. The average molecular weight is 568 g/mol. The average Bonchev–Trinajstić information content (AvgIpc) is 2.89. The van der Waals surface area contributed by atoms with Gasteiger partial charge in [0, 0.05) is 6.42 Å². The third-order valence-corrected chi connectivity index (χ3v) is 6.26. The lowest BCUT2D eigenvalue weighted by molar-refractivity contribution is -0.145. The zero-order chi connectivity index (χ0) is 30.7. The van der Waals surface area contributed by atoms with E-state index in [9.17, 15) is 19.2 Å². The van der Waals surface area contributed by atoms with E-state index in [0.717, 1.165) is 16.7 Å². The number of carbonyl (C=O) groups excluding carboxylic acids is 4. The van der Waals surface area contributed by atoms with E-state index in [4.69, 9.17) is 9.47 Å². The minimum absolute atomic E-state index is 0.0597. The maximum Gasteiger partial charge on any atom is 0.408 e. The Morgan fingerprint density at radius 2 is 1.32 bits per heavy atom. The van der Waals surface area contributed by atoms with Gasteiger partial charge >= 0.3 is 12.1 Å². The van der Waals surface area contributed by atoms with Crippen molar-refractivity contribution >= 4 is 23.9 Å². The lowest BCUT2D eigenvalue weighted by atomic mass is 9.98. The molecular weight excluding hydrogens is 522 g/mol. The monoisotopic (exact) mass is 567 g/mol. The SMILES string of the molecule is COC(=O)[C@H](Cc1ccc(-c2ccccc2)cc1)NC(=O)[C@H](CC(C)C)NC(=O)[C@@H](NC(=O)OC(C)(C)C)C(C)C. The second kappa shape index (κ2) is 15.2. The summed E-state index contributed by atoms with van der Waals surface area (Å²) in [6.45, 7) is 12.6. The normalized spacial score (nSPS) is 13.6. The standard InChI is InChI=1S/C32H45N3O6/c1-20(2)18-25(33-29(37)27(21(3)4)35-31(39)41-32(5,6)7)28(36)34-26(30(38)40-8)19-22-14-16-24(17-15-22)23-12-10-9-11-13-23/h9-17,20-21,25-27H,18-19H2,1-8H3,(H,33,37)(H,34,36)(H,35,39)/t25-,26-,27-/m0/s1. The quantitative estimate of drug-likeness (QED) is 0.321. The molecule has 0 aliphatic carbocycles. The molecule has 9 heteroatoms. The highest BCUT2D eigenvalue weighted by Gasteiger charge is 2.32. The van der Waals surface area contributed by atoms with Crippen molar-refractivity contribution in [3.8, 4) is 11.1 Å². The highest BCUT2D eigenvalue weighted by Crippen LogP contribution is 2.20. The van der Waals surface area contributed by atoms with Crippen LogP contribution in [0.3, 0.4) is 0 Å². The van der Waals surface area contributed by atoms with Gasteiger partial charge in [0.15, 0.2) is 0 Å². The van der Waals surface area contributed by atoms with E-state index in [0.29, 0.717) is 6.42 Å². The molecule has 2 aromatic carbocycles. The van der Waals surface area contributed by atoms with Crippen molar-refractivity contribution < 1.29 is 28.7 Å². The molecule has 41 heavy (non-hydrogen) atoms. The Bertz CT molecular complexity index is 1160. The Balaban J connectivity index is 2.17. The molecule has 3 atom stereocenters. The molecule has 224 valence electrons. The molecule has 0 saturated heterocycles. The molecule has 0 unspecified atom stereocenters. The van der Waals surface area contributed by atoms with Crippen molar-refractivity contribution in [2.24, 2.45) is 11.8 Å². The lowest BCUT2D eigenvalue weighted by Crippen LogP contribution is -2.57. The Morgan fingerprint density at radius 3 is 1.83 bits per heavy atom. The molecule has 3 N–H and O–H groups in total. The summed E-state index contributed by atoms with van der Waals surface area (Å²) in [6, 6.07) is 14.9. The molecule has 2 aromatic rings. The van der Waals surface area contributed by atoms with Crippen LogP contribution < -0.4 is 16.0 Å². The minimum Gasteiger partial charge on any atom is -0.467 e. The van der Waals surface area contributed by atoms with Gasteiger partial charge in [-0.15, -0.1) is 0 Å². The van der Waals surface area contributed by atoms with Crippen molar-refractivity contribution in [1.82, 2.24) is 16.0 Å². The zero-order valence-corrected chi connectivity index (χ0v) is 25.4. The van der Waals surface area contributed by atoms with E-state index in [2.05, 4.69) is 16.0 Å². The molecule has 0 aromatic heterocycles. The molecule has 9 nitrogen and oxygen atoms in total. The van der Waals surface area contributed by atoms with E-state index in [-0.39, 0.29) is 18.3 Å². The Kier molecular flexibility index (Phi) is 12.4. The minimum atomic E-state index is -0.956. The van der Waals surface area contributed by atoms with Crippen molar-refractivity contribution in [2.75, 3.05) is 7.11 Å². The van der Waals surface area contributed by atoms with Gasteiger partial charge in [-0.1, -0.05) is 82.3 Å². The third-order valence-electron chi connectivity index (χ3n) is 6.26. The highest BCUT2D eigenvalue weighted by molar-refractivity contribution is 5.93. The van der Waals surface area contributed by atoms with Crippen molar-refractivity contribution in [3.05, 3.63) is 60.2 Å². The van der Waals surface area contributed by atoms with Crippen LogP contribution >= 0.6 is 0 Å². The van der Waals surface area contributed by atoms with E-state index in [1.165, 1.54) is 7.11 Å². The van der Waals surface area contributed by atoms with Crippen LogP contribution in [0.5, 0.6) is 0 Å². The summed E-state index contributed by atoms with van der Waals surface area (Å²) in [7, 11) is 1.27. The number of nitrogens with one attached hydrogen (secondary N) is 3. The molecule has 3 amide bonds. The first-order valence-electron chi connectivity index (χ1n) is 14.0. The summed E-state index contributed by atoms with van der Waals surface area (Å²) >= 11 is 0. The predicted molar refractivity (Wildman–Crippen MR) is 159 cm³/mol. The summed E-state index contributed by atoms with van der Waals surface area (Å²) in [4.78, 5) is 51.7. The molecule has 0 radical (unpaired) electrons. The maximum atomic E-state index is 13.4. The molecule has 0 spiro atoms. The fourth-order valence-electron chi connectivity index (χ4n) is 4.24. The van der Waals surface area contributed by atoms with E-state index < -0.39 is 47.6 Å². The second-order valence-electron chi connectivity index (χ2n) is 11.9. The van der Waals surface area contributed by atoms with Crippen LogP contribution in [0.25, 0.3) is 11.1 Å². The number of carbonyl (C=O) groups is 4. The molecule has 0 aliphatic rings. The first-order chi connectivity index (χ1) is 19.2. The Hall–Kier alpha value is -3.88. The molecule has 0 saturated carbocycles. The largest absolute Gasteiger partial charge is 0.467 e. The zero-order valence-electron chi connectivity index (χ0n) is 25.4. The van der Waals surface area contributed by atoms with Gasteiger partial charge in [-0.2, -0.15) is 0 Å². The molecule has 0 fully saturated rings. The third kappa shape index (κ3) is 11.3. The maximum absolute atomic E-state index is 13.4. The van der Waals surface area contributed by atoms with Crippen LogP contribution in [0.1, 0.15) is 60.5 Å². The number of benzene rings is 2. The first-order valence-corrected chi connectivity index (χ1v) is 14.0. The summed E-state index contributed by atoms with van der Waals surface area (Å²) in [6.07, 6.45) is -0.181. The summed E-state index contributed by atoms with van der Waals surface area (Å²) in [5.74, 6) is -1.83. The van der Waals surface area contributed by atoms with Gasteiger partial charge in [0.05, 0.1) is 7.11 Å². The molecular formula is C32H45N3O6. The molecule has 2 rings (SSSR count). The Morgan fingerprint density at radius 1 is 0.756 bits per heavy atom. The molecule has 0 bridgehead atoms. The van der Waals surface area contributed by atoms with Crippen molar-refractivity contribution in [2.45, 2.75) is 85.0 Å². The topological polar surface area (TPSA) is 123 Å². The highest BCUT2D eigenvalue weighted by atomic mass is 16.6. The molecule has 0 heterocycles. The second-order valence-corrected chi connectivity index (χ2v) is 11.9. The van der Waals surface area contributed by atoms with Crippen LogP contribution in [-0.2, 0) is 30.3 Å². The number of ether oxygens (including phenoxy) is 2. The predicted octanol–water partition coefficient (Wildman–Crippen LogP) is 4.63. The lowest BCUT2D eigenvalue weighted by Gasteiger charge is -2.28. The van der Waals surface area contributed by atoms with Crippen LogP contribution in [-0.4, -0.2) is 54.7 Å². The van der Waals surface area contributed by atoms with Crippen LogP contribution in [0.15, 0.2) is 54.6 Å². The van der Waals surface area contributed by atoms with Gasteiger partial charge in [0.2, 0.25) is 11.8 Å². The smallest absolute Gasteiger partial charge is 0.408 e. The Labute approximate surface area is 243 Å².